The minimum atomic E-state index is -0.337. The van der Waals surface area contributed by atoms with Gasteiger partial charge in [-0.3, -0.25) is 0 Å². The summed E-state index contributed by atoms with van der Waals surface area (Å²) < 4.78 is 10.0. The van der Waals surface area contributed by atoms with Gasteiger partial charge in [-0.05, 0) is 19.1 Å². The van der Waals surface area contributed by atoms with Gasteiger partial charge in [0.1, 0.15) is 5.69 Å². The molecule has 8 nitrogen and oxygen atoms in total. The van der Waals surface area contributed by atoms with E-state index in [9.17, 15) is 9.59 Å². The Kier molecular flexibility index (Phi) is 5.40. The van der Waals surface area contributed by atoms with E-state index in [-0.39, 0.29) is 12.1 Å². The first-order valence-corrected chi connectivity index (χ1v) is 7.12. The minimum Gasteiger partial charge on any atom is -0.480 e. The second-order valence-electron chi connectivity index (χ2n) is 4.66. The van der Waals surface area contributed by atoms with E-state index in [1.54, 1.807) is 35.1 Å². The highest BCUT2D eigenvalue weighted by Crippen LogP contribution is 2.20. The third-order valence-electron chi connectivity index (χ3n) is 3.30. The summed E-state index contributed by atoms with van der Waals surface area (Å²) in [5, 5.41) is 2.77. The summed E-state index contributed by atoms with van der Waals surface area (Å²) in [6.07, 6.45) is 1.25. The smallest absolute Gasteiger partial charge is 0.409 e. The van der Waals surface area contributed by atoms with Gasteiger partial charge >= 0.3 is 12.1 Å². The van der Waals surface area contributed by atoms with Crippen LogP contribution in [-0.2, 0) is 4.74 Å². The number of piperazine rings is 1. The Labute approximate surface area is 129 Å². The molecule has 22 heavy (non-hydrogen) atoms. The van der Waals surface area contributed by atoms with Gasteiger partial charge < -0.3 is 24.6 Å². The van der Waals surface area contributed by atoms with Gasteiger partial charge in [0.15, 0.2) is 0 Å². The Morgan fingerprint density at radius 3 is 2.59 bits per heavy atom. The number of hydrogen-bond donors (Lipinski definition) is 1. The first kappa shape index (κ1) is 15.9. The first-order valence-electron chi connectivity index (χ1n) is 7.12. The van der Waals surface area contributed by atoms with E-state index in [2.05, 4.69) is 10.3 Å². The minimum absolute atomic E-state index is 0.241. The van der Waals surface area contributed by atoms with Crippen molar-refractivity contribution in [2.75, 3.05) is 45.2 Å². The standard InChI is InChI=1S/C14H20N4O4/c1-3-22-14(20)18-9-7-17(8-10-18)13(19)16-11-5-4-6-15-12(11)21-2/h4-6H,3,7-10H2,1-2H3,(H,16,19). The number of methoxy groups -OCH3 is 1. The van der Waals surface area contributed by atoms with Crippen molar-refractivity contribution in [1.29, 1.82) is 0 Å². The molecule has 8 heteroatoms. The lowest BCUT2D eigenvalue weighted by Crippen LogP contribution is -2.51. The monoisotopic (exact) mass is 308 g/mol. The normalized spacial score (nSPS) is 14.5. The molecule has 0 bridgehead atoms. The van der Waals surface area contributed by atoms with Crippen LogP contribution in [0, 0.1) is 0 Å². The van der Waals surface area contributed by atoms with Gasteiger partial charge in [0.25, 0.3) is 0 Å². The largest absolute Gasteiger partial charge is 0.480 e. The van der Waals surface area contributed by atoms with Crippen molar-refractivity contribution in [2.24, 2.45) is 0 Å². The zero-order valence-corrected chi connectivity index (χ0v) is 12.7. The predicted molar refractivity (Wildman–Crippen MR) is 80.0 cm³/mol. The van der Waals surface area contributed by atoms with Crippen molar-refractivity contribution in [2.45, 2.75) is 6.92 Å². The summed E-state index contributed by atoms with van der Waals surface area (Å²) in [7, 11) is 1.50. The zero-order valence-electron chi connectivity index (χ0n) is 12.7. The second kappa shape index (κ2) is 7.48. The lowest BCUT2D eigenvalue weighted by Gasteiger charge is -2.34. The Hall–Kier alpha value is -2.51. The summed E-state index contributed by atoms with van der Waals surface area (Å²) in [6.45, 7) is 3.93. The molecule has 0 aliphatic carbocycles. The summed E-state index contributed by atoms with van der Waals surface area (Å²) in [5.41, 5.74) is 0.517. The summed E-state index contributed by atoms with van der Waals surface area (Å²) in [5.74, 6) is 0.362. The van der Waals surface area contributed by atoms with Crippen LogP contribution in [0.3, 0.4) is 0 Å². The molecule has 0 spiro atoms. The molecule has 0 aromatic carbocycles. The lowest BCUT2D eigenvalue weighted by molar-refractivity contribution is 0.0868. The number of amides is 3. The molecule has 3 amide bonds. The number of hydrogen-bond acceptors (Lipinski definition) is 5. The Morgan fingerprint density at radius 2 is 1.95 bits per heavy atom. The highest BCUT2D eigenvalue weighted by Gasteiger charge is 2.25. The molecule has 0 saturated carbocycles. The number of carbonyl (C=O) groups excluding carboxylic acids is 2. The maximum atomic E-state index is 12.2. The quantitative estimate of drug-likeness (QED) is 0.912. The maximum Gasteiger partial charge on any atom is 0.409 e. The van der Waals surface area contributed by atoms with Gasteiger partial charge in [-0.2, -0.15) is 0 Å². The van der Waals surface area contributed by atoms with E-state index < -0.39 is 0 Å². The van der Waals surface area contributed by atoms with Gasteiger partial charge in [0, 0.05) is 32.4 Å². The Balaban J connectivity index is 1.89. The molecule has 1 N–H and O–H groups in total. The number of nitrogens with zero attached hydrogens (tertiary/aromatic N) is 3. The van der Waals surface area contributed by atoms with E-state index in [1.165, 1.54) is 7.11 Å². The van der Waals surface area contributed by atoms with Crippen molar-refractivity contribution in [3.05, 3.63) is 18.3 Å². The summed E-state index contributed by atoms with van der Waals surface area (Å²) in [4.78, 5) is 31.1. The van der Waals surface area contributed by atoms with E-state index in [1.807, 2.05) is 0 Å². The van der Waals surface area contributed by atoms with Crippen molar-refractivity contribution >= 4 is 17.8 Å². The molecule has 0 radical (unpaired) electrons. The summed E-state index contributed by atoms with van der Waals surface area (Å²) in [6, 6.07) is 3.20. The van der Waals surface area contributed by atoms with Crippen LogP contribution >= 0.6 is 0 Å². The number of nitrogens with one attached hydrogen (secondary N) is 1. The highest BCUT2D eigenvalue weighted by molar-refractivity contribution is 5.90. The Morgan fingerprint density at radius 1 is 1.27 bits per heavy atom. The van der Waals surface area contributed by atoms with Gasteiger partial charge in [0.2, 0.25) is 5.88 Å². The van der Waals surface area contributed by atoms with Crippen molar-refractivity contribution in [3.63, 3.8) is 0 Å². The zero-order chi connectivity index (χ0) is 15.9. The lowest BCUT2D eigenvalue weighted by atomic mass is 10.3. The number of anilines is 1. The molecule has 1 saturated heterocycles. The molecular weight excluding hydrogens is 288 g/mol. The van der Waals surface area contributed by atoms with Crippen LogP contribution in [0.4, 0.5) is 15.3 Å². The number of pyridine rings is 1. The number of ether oxygens (including phenoxy) is 2. The first-order chi connectivity index (χ1) is 10.7. The highest BCUT2D eigenvalue weighted by atomic mass is 16.6. The van der Waals surface area contributed by atoms with Crippen LogP contribution < -0.4 is 10.1 Å². The van der Waals surface area contributed by atoms with Crippen LogP contribution in [0.15, 0.2) is 18.3 Å². The van der Waals surface area contributed by atoms with E-state index >= 15 is 0 Å². The molecule has 120 valence electrons. The molecule has 2 rings (SSSR count). The average molecular weight is 308 g/mol. The number of carbonyl (C=O) groups is 2. The van der Waals surface area contributed by atoms with Crippen LogP contribution in [0.25, 0.3) is 0 Å². The molecule has 1 aliphatic heterocycles. The van der Waals surface area contributed by atoms with E-state index in [0.717, 1.165) is 0 Å². The molecule has 2 heterocycles. The van der Waals surface area contributed by atoms with Crippen LogP contribution in [-0.4, -0.2) is 66.8 Å². The van der Waals surface area contributed by atoms with Crippen molar-refractivity contribution in [1.82, 2.24) is 14.8 Å². The number of rotatable bonds is 3. The van der Waals surface area contributed by atoms with E-state index in [4.69, 9.17) is 9.47 Å². The Bertz CT molecular complexity index is 529. The molecule has 0 unspecified atom stereocenters. The van der Waals surface area contributed by atoms with Crippen LogP contribution in [0.2, 0.25) is 0 Å². The predicted octanol–water partition coefficient (Wildman–Crippen LogP) is 1.40. The molecular formula is C14H20N4O4. The maximum absolute atomic E-state index is 12.2. The fourth-order valence-electron chi connectivity index (χ4n) is 2.15. The molecule has 1 aromatic heterocycles. The van der Waals surface area contributed by atoms with Crippen LogP contribution in [0.1, 0.15) is 6.92 Å². The molecule has 1 aromatic rings. The van der Waals surface area contributed by atoms with Crippen molar-refractivity contribution < 1.29 is 19.1 Å². The molecule has 1 aliphatic rings. The average Bonchev–Trinajstić information content (AvgIpc) is 2.55. The SMILES string of the molecule is CCOC(=O)N1CCN(C(=O)Nc2cccnc2OC)CC1. The van der Waals surface area contributed by atoms with E-state index in [0.29, 0.717) is 44.4 Å². The number of aromatic nitrogens is 1. The van der Waals surface area contributed by atoms with Gasteiger partial charge in [-0.25, -0.2) is 14.6 Å². The summed E-state index contributed by atoms with van der Waals surface area (Å²) >= 11 is 0. The van der Waals surface area contributed by atoms with Crippen molar-refractivity contribution in [3.8, 4) is 5.88 Å². The van der Waals surface area contributed by atoms with Gasteiger partial charge in [0.05, 0.1) is 13.7 Å². The number of urea groups is 1. The molecule has 0 atom stereocenters. The third kappa shape index (κ3) is 3.78. The fraction of sp³-hybridized carbons (Fsp3) is 0.500. The molecule has 1 fully saturated rings. The fourth-order valence-corrected chi connectivity index (χ4v) is 2.15. The van der Waals surface area contributed by atoms with Gasteiger partial charge in [-0.1, -0.05) is 0 Å². The second-order valence-corrected chi connectivity index (χ2v) is 4.66. The van der Waals surface area contributed by atoms with Crippen LogP contribution in [0.5, 0.6) is 5.88 Å². The van der Waals surface area contributed by atoms with Gasteiger partial charge in [-0.15, -0.1) is 0 Å². The third-order valence-corrected chi connectivity index (χ3v) is 3.30. The topological polar surface area (TPSA) is 84.0 Å².